The molecule has 27 heavy (non-hydrogen) atoms. The second-order valence-corrected chi connectivity index (χ2v) is 7.89. The Bertz CT molecular complexity index is 806. The van der Waals surface area contributed by atoms with E-state index in [1.54, 1.807) is 6.08 Å². The first-order valence-electron chi connectivity index (χ1n) is 9.18. The number of amides is 1. The molecule has 0 saturated carbocycles. The van der Waals surface area contributed by atoms with Crippen LogP contribution in [-0.4, -0.2) is 36.6 Å². The van der Waals surface area contributed by atoms with Crippen molar-refractivity contribution >= 4 is 40.5 Å². The number of halogens is 2. The van der Waals surface area contributed by atoms with Crippen molar-refractivity contribution in [2.75, 3.05) is 19.8 Å². The van der Waals surface area contributed by atoms with Crippen LogP contribution in [0.4, 0.5) is 0 Å². The van der Waals surface area contributed by atoms with Crippen molar-refractivity contribution < 1.29 is 19.4 Å². The third-order valence-corrected chi connectivity index (χ3v) is 6.15. The van der Waals surface area contributed by atoms with Gasteiger partial charge in [0, 0.05) is 23.9 Å². The number of rotatable bonds is 7. The number of fused-ring (bicyclic) bond motifs is 3. The molecule has 0 radical (unpaired) electrons. The predicted molar refractivity (Wildman–Crippen MR) is 105 cm³/mol. The number of nitrogens with one attached hydrogen (secondary N) is 1. The van der Waals surface area contributed by atoms with E-state index < -0.39 is 0 Å². The van der Waals surface area contributed by atoms with Gasteiger partial charge in [-0.1, -0.05) is 36.5 Å². The number of carbonyl (C=O) groups is 2. The number of aliphatic hydroxyl groups excluding tert-OH is 1. The van der Waals surface area contributed by atoms with Crippen molar-refractivity contribution in [3.63, 3.8) is 0 Å². The molecule has 7 heteroatoms. The Labute approximate surface area is 168 Å². The van der Waals surface area contributed by atoms with Gasteiger partial charge in [-0.15, -0.1) is 0 Å². The van der Waals surface area contributed by atoms with Crippen molar-refractivity contribution in [3.8, 4) is 5.75 Å². The standard InChI is InChI=1S/C20H23Cl2NO4/c1-2-4-20-5-3-13(25)9-14(20)17-12(10-20)8-15(18(21)19(17)22)27-11-16(26)23-6-7-24/h8-9,24H,2-7,10-11H2,1H3,(H,23,26). The molecule has 0 bridgehead atoms. The van der Waals surface area contributed by atoms with Crippen LogP contribution in [0, 0.1) is 5.41 Å². The number of hydrogen-bond acceptors (Lipinski definition) is 4. The number of aliphatic hydroxyl groups is 1. The van der Waals surface area contributed by atoms with E-state index in [9.17, 15) is 9.59 Å². The highest BCUT2D eigenvalue weighted by Gasteiger charge is 2.45. The molecule has 5 nitrogen and oxygen atoms in total. The Hall–Kier alpha value is -1.56. The number of hydrogen-bond donors (Lipinski definition) is 2. The minimum atomic E-state index is -0.346. The van der Waals surface area contributed by atoms with E-state index in [0.29, 0.717) is 17.2 Å². The minimum Gasteiger partial charge on any atom is -0.482 e. The van der Waals surface area contributed by atoms with Gasteiger partial charge in [-0.2, -0.15) is 0 Å². The monoisotopic (exact) mass is 411 g/mol. The smallest absolute Gasteiger partial charge is 0.258 e. The summed E-state index contributed by atoms with van der Waals surface area (Å²) in [6.45, 7) is 1.96. The van der Waals surface area contributed by atoms with Crippen LogP contribution in [0.1, 0.15) is 43.7 Å². The average Bonchev–Trinajstić information content (AvgIpc) is 2.95. The zero-order valence-corrected chi connectivity index (χ0v) is 16.8. The molecule has 2 aliphatic rings. The first kappa shape index (κ1) is 20.2. The van der Waals surface area contributed by atoms with E-state index in [0.717, 1.165) is 42.4 Å². The lowest BCUT2D eigenvalue weighted by molar-refractivity contribution is -0.123. The maximum Gasteiger partial charge on any atom is 0.258 e. The van der Waals surface area contributed by atoms with Crippen LogP contribution in [0.3, 0.4) is 0 Å². The van der Waals surface area contributed by atoms with Gasteiger partial charge < -0.3 is 15.2 Å². The van der Waals surface area contributed by atoms with E-state index in [4.69, 9.17) is 33.0 Å². The van der Waals surface area contributed by atoms with Crippen LogP contribution in [-0.2, 0) is 16.0 Å². The summed E-state index contributed by atoms with van der Waals surface area (Å²) in [5, 5.41) is 11.9. The Kier molecular flexibility index (Phi) is 6.14. The molecular formula is C20H23Cl2NO4. The second-order valence-electron chi connectivity index (χ2n) is 7.13. The van der Waals surface area contributed by atoms with Crippen LogP contribution in [0.25, 0.3) is 5.57 Å². The highest BCUT2D eigenvalue weighted by Crippen LogP contribution is 2.58. The highest BCUT2D eigenvalue weighted by molar-refractivity contribution is 6.44. The molecule has 0 aliphatic heterocycles. The highest BCUT2D eigenvalue weighted by atomic mass is 35.5. The summed E-state index contributed by atoms with van der Waals surface area (Å²) in [6.07, 6.45) is 5.88. The van der Waals surface area contributed by atoms with E-state index in [-0.39, 0.29) is 41.9 Å². The van der Waals surface area contributed by atoms with Gasteiger partial charge in [-0.05, 0) is 42.5 Å². The summed E-state index contributed by atoms with van der Waals surface area (Å²) in [5.41, 5.74) is 2.77. The molecule has 1 unspecified atom stereocenters. The molecule has 0 fully saturated rings. The zero-order valence-electron chi connectivity index (χ0n) is 15.2. The van der Waals surface area contributed by atoms with Gasteiger partial charge in [-0.25, -0.2) is 0 Å². The van der Waals surface area contributed by atoms with Crippen LogP contribution in [0.5, 0.6) is 5.75 Å². The summed E-state index contributed by atoms with van der Waals surface area (Å²) >= 11 is 13.0. The van der Waals surface area contributed by atoms with Gasteiger partial charge in [0.1, 0.15) is 10.8 Å². The fourth-order valence-electron chi connectivity index (χ4n) is 4.17. The molecule has 0 heterocycles. The maximum absolute atomic E-state index is 12.0. The Balaban J connectivity index is 1.92. The lowest BCUT2D eigenvalue weighted by Crippen LogP contribution is -2.31. The molecule has 1 amide bonds. The lowest BCUT2D eigenvalue weighted by Gasteiger charge is -2.33. The summed E-state index contributed by atoms with van der Waals surface area (Å²) in [5.74, 6) is 0.135. The summed E-state index contributed by atoms with van der Waals surface area (Å²) < 4.78 is 5.57. The molecule has 2 aliphatic carbocycles. The normalized spacial score (nSPS) is 20.7. The number of allylic oxidation sites excluding steroid dienone is 2. The van der Waals surface area contributed by atoms with Gasteiger partial charge in [-0.3, -0.25) is 9.59 Å². The van der Waals surface area contributed by atoms with Crippen LogP contribution in [0.15, 0.2) is 12.1 Å². The second kappa shape index (κ2) is 8.21. The number of carbonyl (C=O) groups excluding carboxylic acids is 2. The molecule has 1 atom stereocenters. The summed E-state index contributed by atoms with van der Waals surface area (Å²) in [6, 6.07) is 1.84. The third-order valence-electron chi connectivity index (χ3n) is 5.30. The van der Waals surface area contributed by atoms with Crippen molar-refractivity contribution in [2.45, 2.75) is 39.0 Å². The summed E-state index contributed by atoms with van der Waals surface area (Å²) in [7, 11) is 0. The molecule has 1 aromatic rings. The van der Waals surface area contributed by atoms with E-state index in [1.165, 1.54) is 0 Å². The Morgan fingerprint density at radius 2 is 2.15 bits per heavy atom. The van der Waals surface area contributed by atoms with Crippen LogP contribution in [0.2, 0.25) is 10.0 Å². The maximum atomic E-state index is 12.0. The van der Waals surface area contributed by atoms with Crippen molar-refractivity contribution in [2.24, 2.45) is 5.41 Å². The molecule has 3 rings (SSSR count). The molecule has 0 aromatic heterocycles. The number of benzene rings is 1. The van der Waals surface area contributed by atoms with E-state index in [1.807, 2.05) is 6.07 Å². The quantitative estimate of drug-likeness (QED) is 0.718. The lowest BCUT2D eigenvalue weighted by atomic mass is 9.70. The predicted octanol–water partition coefficient (Wildman–Crippen LogP) is 3.57. The fourth-order valence-corrected chi connectivity index (χ4v) is 4.69. The topological polar surface area (TPSA) is 75.6 Å². The zero-order chi connectivity index (χ0) is 19.6. The largest absolute Gasteiger partial charge is 0.482 e. The van der Waals surface area contributed by atoms with Crippen molar-refractivity contribution in [1.29, 1.82) is 0 Å². The first-order chi connectivity index (χ1) is 12.9. The minimum absolute atomic E-state index is 0.0743. The van der Waals surface area contributed by atoms with Gasteiger partial charge in [0.15, 0.2) is 12.4 Å². The van der Waals surface area contributed by atoms with Gasteiger partial charge in [0.2, 0.25) is 0 Å². The molecule has 2 N–H and O–H groups in total. The van der Waals surface area contributed by atoms with Crippen molar-refractivity contribution in [3.05, 3.63) is 33.3 Å². The first-order valence-corrected chi connectivity index (χ1v) is 9.94. The number of ether oxygens (including phenoxy) is 1. The van der Waals surface area contributed by atoms with Gasteiger partial charge in [0.25, 0.3) is 5.91 Å². The molecular weight excluding hydrogens is 389 g/mol. The number of ketones is 1. The van der Waals surface area contributed by atoms with Crippen molar-refractivity contribution in [1.82, 2.24) is 5.32 Å². The molecule has 146 valence electrons. The molecule has 0 spiro atoms. The van der Waals surface area contributed by atoms with E-state index >= 15 is 0 Å². The van der Waals surface area contributed by atoms with Crippen LogP contribution < -0.4 is 10.1 Å². The van der Waals surface area contributed by atoms with Crippen LogP contribution >= 0.6 is 23.2 Å². The average molecular weight is 412 g/mol. The Morgan fingerprint density at radius 3 is 2.85 bits per heavy atom. The van der Waals surface area contributed by atoms with Gasteiger partial charge >= 0.3 is 0 Å². The SMILES string of the molecule is CCCC12CCC(=O)C=C1c1c(cc(OCC(=O)NCCO)c(Cl)c1Cl)C2. The molecule has 1 aromatic carbocycles. The van der Waals surface area contributed by atoms with E-state index in [2.05, 4.69) is 12.2 Å². The summed E-state index contributed by atoms with van der Waals surface area (Å²) in [4.78, 5) is 23.8. The van der Waals surface area contributed by atoms with Gasteiger partial charge in [0.05, 0.1) is 11.6 Å². The molecule has 0 saturated heterocycles. The third kappa shape index (κ3) is 3.86. The fraction of sp³-hybridized carbons (Fsp3) is 0.500. The Morgan fingerprint density at radius 1 is 1.37 bits per heavy atom.